The predicted octanol–water partition coefficient (Wildman–Crippen LogP) is 0.775. The van der Waals surface area contributed by atoms with Crippen LogP contribution in [-0.2, 0) is 4.79 Å². The lowest BCUT2D eigenvalue weighted by molar-refractivity contribution is -0.118. The molecule has 0 unspecified atom stereocenters. The Hall–Kier alpha value is -0.840. The predicted molar refractivity (Wildman–Crippen MR) is 71.7 cm³/mol. The molecule has 2 rings (SSSR count). The van der Waals surface area contributed by atoms with Crippen LogP contribution in [0.4, 0.5) is 0 Å². The zero-order valence-corrected chi connectivity index (χ0v) is 11.1. The van der Waals surface area contributed by atoms with Crippen molar-refractivity contribution in [2.24, 2.45) is 11.8 Å². The standard InChI is InChI=1S/C12H21N3OS/c1-8(16)13-4-5-14-12(17)15-11-7-9-2-3-10(11)6-9/h9-11H,2-7H2,1H3,(H,13,16)(H2,14,15,17)/t9-,10+,11-/m1/s1. The van der Waals surface area contributed by atoms with Crippen LogP contribution >= 0.6 is 12.2 Å². The molecule has 0 heterocycles. The lowest BCUT2D eigenvalue weighted by Crippen LogP contribution is -2.46. The van der Waals surface area contributed by atoms with Crippen LogP contribution in [0.1, 0.15) is 32.6 Å². The van der Waals surface area contributed by atoms with Crippen LogP contribution in [0, 0.1) is 11.8 Å². The molecule has 0 aromatic rings. The Kier molecular flexibility index (Phi) is 4.20. The van der Waals surface area contributed by atoms with Crippen LogP contribution in [0.5, 0.6) is 0 Å². The van der Waals surface area contributed by atoms with Crippen molar-refractivity contribution < 1.29 is 4.79 Å². The number of fused-ring (bicyclic) bond motifs is 2. The number of rotatable bonds is 4. The van der Waals surface area contributed by atoms with E-state index in [1.165, 1.54) is 32.6 Å². The average molecular weight is 255 g/mol. The molecular weight excluding hydrogens is 234 g/mol. The van der Waals surface area contributed by atoms with Gasteiger partial charge in [-0.05, 0) is 43.3 Å². The molecule has 2 saturated carbocycles. The highest BCUT2D eigenvalue weighted by Gasteiger charge is 2.39. The molecule has 2 fully saturated rings. The van der Waals surface area contributed by atoms with Crippen LogP contribution in [-0.4, -0.2) is 30.2 Å². The Balaban J connectivity index is 1.59. The van der Waals surface area contributed by atoms with E-state index < -0.39 is 0 Å². The summed E-state index contributed by atoms with van der Waals surface area (Å²) in [5, 5.41) is 10.00. The Morgan fingerprint density at radius 1 is 1.24 bits per heavy atom. The quantitative estimate of drug-likeness (QED) is 0.513. The van der Waals surface area contributed by atoms with E-state index in [1.54, 1.807) is 0 Å². The summed E-state index contributed by atoms with van der Waals surface area (Å²) >= 11 is 5.25. The zero-order chi connectivity index (χ0) is 12.3. The van der Waals surface area contributed by atoms with Crippen molar-refractivity contribution in [3.8, 4) is 0 Å². The maximum absolute atomic E-state index is 10.7. The number of thiocarbonyl (C=S) groups is 1. The van der Waals surface area contributed by atoms with Crippen LogP contribution in [0.25, 0.3) is 0 Å². The third-order valence-corrected chi connectivity index (χ3v) is 4.10. The van der Waals surface area contributed by atoms with Gasteiger partial charge in [0.2, 0.25) is 5.91 Å². The molecule has 2 bridgehead atoms. The fraction of sp³-hybridized carbons (Fsp3) is 0.833. The first kappa shape index (κ1) is 12.6. The Morgan fingerprint density at radius 2 is 2.00 bits per heavy atom. The van der Waals surface area contributed by atoms with Gasteiger partial charge in [0, 0.05) is 26.1 Å². The molecule has 2 aliphatic carbocycles. The fourth-order valence-electron chi connectivity index (χ4n) is 3.06. The molecule has 17 heavy (non-hydrogen) atoms. The monoisotopic (exact) mass is 255 g/mol. The molecule has 0 aromatic heterocycles. The minimum absolute atomic E-state index is 0.00113. The average Bonchev–Trinajstić information content (AvgIpc) is 2.86. The van der Waals surface area contributed by atoms with Gasteiger partial charge in [0.1, 0.15) is 0 Å². The molecule has 0 saturated heterocycles. The third-order valence-electron chi connectivity index (χ3n) is 3.84. The topological polar surface area (TPSA) is 53.2 Å². The number of carbonyl (C=O) groups is 1. The van der Waals surface area contributed by atoms with Gasteiger partial charge in [-0.15, -0.1) is 0 Å². The van der Waals surface area contributed by atoms with Crippen molar-refractivity contribution in [3.63, 3.8) is 0 Å². The van der Waals surface area contributed by atoms with Crippen molar-refractivity contribution in [3.05, 3.63) is 0 Å². The van der Waals surface area contributed by atoms with E-state index in [-0.39, 0.29) is 5.91 Å². The van der Waals surface area contributed by atoms with E-state index in [2.05, 4.69) is 16.0 Å². The summed E-state index contributed by atoms with van der Waals surface area (Å²) in [6.45, 7) is 2.83. The maximum Gasteiger partial charge on any atom is 0.216 e. The van der Waals surface area contributed by atoms with Crippen molar-refractivity contribution in [1.82, 2.24) is 16.0 Å². The van der Waals surface area contributed by atoms with Gasteiger partial charge in [-0.25, -0.2) is 0 Å². The van der Waals surface area contributed by atoms with Crippen molar-refractivity contribution >= 4 is 23.2 Å². The number of carbonyl (C=O) groups excluding carboxylic acids is 1. The highest BCUT2D eigenvalue weighted by Crippen LogP contribution is 2.44. The molecule has 4 nitrogen and oxygen atoms in total. The largest absolute Gasteiger partial charge is 0.361 e. The van der Waals surface area contributed by atoms with Crippen LogP contribution < -0.4 is 16.0 Å². The van der Waals surface area contributed by atoms with Gasteiger partial charge in [0.15, 0.2) is 5.11 Å². The van der Waals surface area contributed by atoms with Crippen molar-refractivity contribution in [1.29, 1.82) is 0 Å². The molecule has 0 radical (unpaired) electrons. The first-order valence-corrected chi connectivity index (χ1v) is 6.85. The molecule has 5 heteroatoms. The highest BCUT2D eigenvalue weighted by atomic mass is 32.1. The molecule has 0 spiro atoms. The second-order valence-electron chi connectivity index (χ2n) is 5.16. The van der Waals surface area contributed by atoms with E-state index in [9.17, 15) is 4.79 Å². The minimum Gasteiger partial charge on any atom is -0.361 e. The van der Waals surface area contributed by atoms with Gasteiger partial charge in [0.05, 0.1) is 0 Å². The molecule has 3 N–H and O–H groups in total. The van der Waals surface area contributed by atoms with Gasteiger partial charge in [-0.3, -0.25) is 4.79 Å². The highest BCUT2D eigenvalue weighted by molar-refractivity contribution is 7.80. The zero-order valence-electron chi connectivity index (χ0n) is 10.3. The summed E-state index contributed by atoms with van der Waals surface area (Å²) < 4.78 is 0. The number of hydrogen-bond donors (Lipinski definition) is 3. The van der Waals surface area contributed by atoms with Gasteiger partial charge < -0.3 is 16.0 Å². The van der Waals surface area contributed by atoms with Gasteiger partial charge in [-0.1, -0.05) is 6.42 Å². The molecule has 0 aliphatic heterocycles. The lowest BCUT2D eigenvalue weighted by Gasteiger charge is -2.24. The van der Waals surface area contributed by atoms with Gasteiger partial charge >= 0.3 is 0 Å². The number of hydrogen-bond acceptors (Lipinski definition) is 2. The smallest absolute Gasteiger partial charge is 0.216 e. The second-order valence-corrected chi connectivity index (χ2v) is 5.57. The Labute approximate surface area is 108 Å². The fourth-order valence-corrected chi connectivity index (χ4v) is 3.31. The third kappa shape index (κ3) is 3.56. The van der Waals surface area contributed by atoms with E-state index in [0.29, 0.717) is 19.1 Å². The molecule has 1 amide bonds. The van der Waals surface area contributed by atoms with Crippen molar-refractivity contribution in [2.75, 3.05) is 13.1 Å². The lowest BCUT2D eigenvalue weighted by atomic mass is 9.96. The summed E-state index contributed by atoms with van der Waals surface area (Å²) in [4.78, 5) is 10.7. The van der Waals surface area contributed by atoms with E-state index in [4.69, 9.17) is 12.2 Å². The van der Waals surface area contributed by atoms with Crippen LogP contribution in [0.15, 0.2) is 0 Å². The van der Waals surface area contributed by atoms with E-state index in [0.717, 1.165) is 16.9 Å². The molecule has 96 valence electrons. The van der Waals surface area contributed by atoms with Gasteiger partial charge in [-0.2, -0.15) is 0 Å². The van der Waals surface area contributed by atoms with Gasteiger partial charge in [0.25, 0.3) is 0 Å². The SMILES string of the molecule is CC(=O)NCCNC(=S)N[C@@H]1C[C@@H]2CC[C@H]1C2. The molecule has 0 aromatic carbocycles. The number of nitrogens with one attached hydrogen (secondary N) is 3. The normalized spacial score (nSPS) is 30.1. The Bertz CT molecular complexity index is 308. The van der Waals surface area contributed by atoms with Crippen LogP contribution in [0.3, 0.4) is 0 Å². The Morgan fingerprint density at radius 3 is 2.59 bits per heavy atom. The van der Waals surface area contributed by atoms with E-state index in [1.807, 2.05) is 0 Å². The van der Waals surface area contributed by atoms with Crippen molar-refractivity contribution in [2.45, 2.75) is 38.6 Å². The summed E-state index contributed by atoms with van der Waals surface area (Å²) in [7, 11) is 0. The summed E-state index contributed by atoms with van der Waals surface area (Å²) in [5.74, 6) is 1.76. The molecule has 3 atom stereocenters. The number of amides is 1. The first-order valence-electron chi connectivity index (χ1n) is 6.44. The molecular formula is C12H21N3OS. The van der Waals surface area contributed by atoms with Crippen LogP contribution in [0.2, 0.25) is 0 Å². The first-order chi connectivity index (χ1) is 8.15. The second kappa shape index (κ2) is 5.67. The minimum atomic E-state index is -0.00113. The van der Waals surface area contributed by atoms with E-state index >= 15 is 0 Å². The summed E-state index contributed by atoms with van der Waals surface area (Å²) in [6, 6.07) is 0.578. The molecule has 2 aliphatic rings. The maximum atomic E-state index is 10.7. The summed E-state index contributed by atoms with van der Waals surface area (Å²) in [6.07, 6.45) is 5.42. The summed E-state index contributed by atoms with van der Waals surface area (Å²) in [5.41, 5.74) is 0.